The molecule has 0 aliphatic rings. The Labute approximate surface area is 80.2 Å². The summed E-state index contributed by atoms with van der Waals surface area (Å²) in [5.41, 5.74) is 22.2. The lowest BCUT2D eigenvalue weighted by atomic mass is 10.2. The van der Waals surface area contributed by atoms with E-state index in [1.807, 2.05) is 0 Å². The van der Waals surface area contributed by atoms with Crippen molar-refractivity contribution >= 4 is 0 Å². The van der Waals surface area contributed by atoms with Gasteiger partial charge in [0.05, 0.1) is 0 Å². The molecule has 2 atom stereocenters. The van der Waals surface area contributed by atoms with Gasteiger partial charge in [-0.15, -0.1) is 0 Å². The van der Waals surface area contributed by atoms with Crippen LogP contribution in [-0.4, -0.2) is 38.3 Å². The quantitative estimate of drug-likeness (QED) is 0.301. The summed E-state index contributed by atoms with van der Waals surface area (Å²) < 4.78 is 0. The van der Waals surface area contributed by atoms with Crippen LogP contribution < -0.4 is 28.3 Å². The third-order valence-corrected chi connectivity index (χ3v) is 1.89. The molecular weight excluding hydrogens is 166 g/mol. The Bertz CT molecular complexity index is 96.7. The Morgan fingerprint density at radius 3 is 1.54 bits per heavy atom. The molecule has 13 heavy (non-hydrogen) atoms. The number of nitrogens with two attached hydrogens (primary N) is 4. The molecule has 0 heterocycles. The lowest BCUT2D eigenvalue weighted by Crippen LogP contribution is -2.41. The third-order valence-electron chi connectivity index (χ3n) is 1.89. The Balaban J connectivity index is 3.23. The molecule has 0 radical (unpaired) electrons. The second-order valence-corrected chi connectivity index (χ2v) is 3.33. The average molecular weight is 189 g/mol. The van der Waals surface area contributed by atoms with Gasteiger partial charge >= 0.3 is 0 Å². The van der Waals surface area contributed by atoms with Crippen molar-refractivity contribution < 1.29 is 0 Å². The first-order valence-corrected chi connectivity index (χ1v) is 4.82. The van der Waals surface area contributed by atoms with E-state index in [1.165, 1.54) is 0 Å². The van der Waals surface area contributed by atoms with Crippen LogP contribution in [0.15, 0.2) is 0 Å². The highest BCUT2D eigenvalue weighted by molar-refractivity contribution is 4.69. The molecule has 0 spiro atoms. The van der Waals surface area contributed by atoms with Crippen LogP contribution in [0.3, 0.4) is 0 Å². The number of hydrogen-bond acceptors (Lipinski definition) is 5. The van der Waals surface area contributed by atoms with E-state index in [0.717, 1.165) is 25.9 Å². The van der Waals surface area contributed by atoms with Gasteiger partial charge in [-0.2, -0.15) is 0 Å². The monoisotopic (exact) mass is 189 g/mol. The van der Waals surface area contributed by atoms with Crippen LogP contribution in [0.25, 0.3) is 0 Å². The summed E-state index contributed by atoms with van der Waals surface area (Å²) >= 11 is 0. The standard InChI is InChI=1S/C8H23N5/c9-3-1-7(11)5-13-6-8(12)2-4-10/h7-8,13H,1-6,9-12H2. The van der Waals surface area contributed by atoms with Crippen molar-refractivity contribution in [2.45, 2.75) is 24.9 Å². The van der Waals surface area contributed by atoms with Crippen LogP contribution in [-0.2, 0) is 0 Å². The van der Waals surface area contributed by atoms with Crippen molar-refractivity contribution in [3.05, 3.63) is 0 Å². The van der Waals surface area contributed by atoms with Crippen molar-refractivity contribution in [1.29, 1.82) is 0 Å². The van der Waals surface area contributed by atoms with Gasteiger partial charge in [0.2, 0.25) is 0 Å². The van der Waals surface area contributed by atoms with Gasteiger partial charge in [-0.1, -0.05) is 0 Å². The topological polar surface area (TPSA) is 116 Å². The van der Waals surface area contributed by atoms with E-state index < -0.39 is 0 Å². The summed E-state index contributed by atoms with van der Waals surface area (Å²) in [7, 11) is 0. The maximum absolute atomic E-state index is 5.74. The zero-order chi connectivity index (χ0) is 10.1. The first-order chi connectivity index (χ1) is 6.20. The SMILES string of the molecule is NCCC(N)CNCC(N)CCN. The molecule has 0 aromatic heterocycles. The molecule has 0 rings (SSSR count). The Morgan fingerprint density at radius 2 is 1.23 bits per heavy atom. The molecule has 0 amide bonds. The van der Waals surface area contributed by atoms with Gasteiger partial charge in [0.15, 0.2) is 0 Å². The van der Waals surface area contributed by atoms with Gasteiger partial charge in [-0.05, 0) is 25.9 Å². The third kappa shape index (κ3) is 8.14. The summed E-state index contributed by atoms with van der Waals surface area (Å²) in [5, 5.41) is 3.19. The minimum Gasteiger partial charge on any atom is -0.330 e. The Morgan fingerprint density at radius 1 is 0.846 bits per heavy atom. The number of hydrogen-bond donors (Lipinski definition) is 5. The Hall–Kier alpha value is -0.200. The molecular formula is C8H23N5. The summed E-state index contributed by atoms with van der Waals surface area (Å²) in [4.78, 5) is 0. The first kappa shape index (κ1) is 12.8. The van der Waals surface area contributed by atoms with Crippen LogP contribution >= 0.6 is 0 Å². The van der Waals surface area contributed by atoms with Crippen molar-refractivity contribution in [2.75, 3.05) is 26.2 Å². The minimum absolute atomic E-state index is 0.134. The lowest BCUT2D eigenvalue weighted by Gasteiger charge is -2.14. The van der Waals surface area contributed by atoms with E-state index in [9.17, 15) is 0 Å². The molecule has 0 aromatic carbocycles. The summed E-state index contributed by atoms with van der Waals surface area (Å²) in [6, 6.07) is 0.269. The summed E-state index contributed by atoms with van der Waals surface area (Å²) in [6.07, 6.45) is 1.69. The molecule has 2 unspecified atom stereocenters. The van der Waals surface area contributed by atoms with Crippen LogP contribution in [0.4, 0.5) is 0 Å². The molecule has 0 saturated heterocycles. The van der Waals surface area contributed by atoms with Gasteiger partial charge in [0.1, 0.15) is 0 Å². The normalized spacial score (nSPS) is 15.7. The van der Waals surface area contributed by atoms with Crippen molar-refractivity contribution in [2.24, 2.45) is 22.9 Å². The number of rotatable bonds is 8. The van der Waals surface area contributed by atoms with Crippen LogP contribution in [0.5, 0.6) is 0 Å². The molecule has 80 valence electrons. The fourth-order valence-electron chi connectivity index (χ4n) is 1.09. The van der Waals surface area contributed by atoms with Gasteiger partial charge in [-0.25, -0.2) is 0 Å². The molecule has 9 N–H and O–H groups in total. The van der Waals surface area contributed by atoms with Crippen LogP contribution in [0, 0.1) is 0 Å². The minimum atomic E-state index is 0.134. The molecule has 0 aliphatic heterocycles. The highest BCUT2D eigenvalue weighted by Crippen LogP contribution is 1.85. The molecule has 5 heteroatoms. The molecule has 0 aliphatic carbocycles. The van der Waals surface area contributed by atoms with Gasteiger partial charge in [0, 0.05) is 25.2 Å². The second kappa shape index (κ2) is 8.40. The van der Waals surface area contributed by atoms with Crippen molar-refractivity contribution in [3.8, 4) is 0 Å². The first-order valence-electron chi connectivity index (χ1n) is 4.82. The maximum atomic E-state index is 5.74. The van der Waals surface area contributed by atoms with E-state index in [1.54, 1.807) is 0 Å². The van der Waals surface area contributed by atoms with Crippen molar-refractivity contribution in [3.63, 3.8) is 0 Å². The number of nitrogens with one attached hydrogen (secondary N) is 1. The van der Waals surface area contributed by atoms with Crippen LogP contribution in [0.2, 0.25) is 0 Å². The smallest absolute Gasteiger partial charge is 0.0177 e. The molecule has 5 nitrogen and oxygen atoms in total. The fraction of sp³-hybridized carbons (Fsp3) is 1.00. The lowest BCUT2D eigenvalue weighted by molar-refractivity contribution is 0.504. The highest BCUT2D eigenvalue weighted by Gasteiger charge is 2.03. The van der Waals surface area contributed by atoms with E-state index in [2.05, 4.69) is 5.32 Å². The van der Waals surface area contributed by atoms with E-state index >= 15 is 0 Å². The molecule has 0 saturated carbocycles. The van der Waals surface area contributed by atoms with Crippen molar-refractivity contribution in [1.82, 2.24) is 5.32 Å². The van der Waals surface area contributed by atoms with Crippen LogP contribution in [0.1, 0.15) is 12.8 Å². The maximum Gasteiger partial charge on any atom is 0.0177 e. The van der Waals surface area contributed by atoms with Gasteiger partial charge < -0.3 is 28.3 Å². The van der Waals surface area contributed by atoms with Gasteiger partial charge in [-0.3, -0.25) is 0 Å². The fourth-order valence-corrected chi connectivity index (χ4v) is 1.09. The largest absolute Gasteiger partial charge is 0.330 e. The second-order valence-electron chi connectivity index (χ2n) is 3.33. The average Bonchev–Trinajstić information content (AvgIpc) is 2.05. The molecule has 0 bridgehead atoms. The summed E-state index contributed by atoms with van der Waals surface area (Å²) in [5.74, 6) is 0. The molecule has 0 aromatic rings. The van der Waals surface area contributed by atoms with E-state index in [4.69, 9.17) is 22.9 Å². The summed E-state index contributed by atoms with van der Waals surface area (Å²) in [6.45, 7) is 2.82. The van der Waals surface area contributed by atoms with Gasteiger partial charge in [0.25, 0.3) is 0 Å². The highest BCUT2D eigenvalue weighted by atomic mass is 14.9. The zero-order valence-electron chi connectivity index (χ0n) is 8.21. The predicted octanol–water partition coefficient (Wildman–Crippen LogP) is -2.07. The zero-order valence-corrected chi connectivity index (χ0v) is 8.21. The predicted molar refractivity (Wildman–Crippen MR) is 56.2 cm³/mol. The molecule has 0 fully saturated rings. The Kier molecular flexibility index (Phi) is 8.27. The van der Waals surface area contributed by atoms with E-state index in [-0.39, 0.29) is 12.1 Å². The van der Waals surface area contributed by atoms with E-state index in [0.29, 0.717) is 13.1 Å².